The molecule has 4 nitrogen and oxygen atoms in total. The Morgan fingerprint density at radius 1 is 1.05 bits per heavy atom. The van der Waals surface area contributed by atoms with Crippen molar-refractivity contribution >= 4 is 11.6 Å². The zero-order valence-corrected chi connectivity index (χ0v) is 13.1. The van der Waals surface area contributed by atoms with Gasteiger partial charge in [0.15, 0.2) is 0 Å². The van der Waals surface area contributed by atoms with Gasteiger partial charge in [-0.3, -0.25) is 5.84 Å². The quantitative estimate of drug-likeness (QED) is 0.658. The molecule has 0 amide bonds. The summed E-state index contributed by atoms with van der Waals surface area (Å²) < 4.78 is 10.8. The maximum atomic E-state index is 6.10. The Morgan fingerprint density at radius 3 is 2.38 bits per heavy atom. The summed E-state index contributed by atoms with van der Waals surface area (Å²) in [6.45, 7) is 1.99. The van der Waals surface area contributed by atoms with Crippen molar-refractivity contribution in [3.8, 4) is 11.5 Å². The Morgan fingerprint density at radius 2 is 1.76 bits per heavy atom. The van der Waals surface area contributed by atoms with Crippen molar-refractivity contribution in [1.82, 2.24) is 5.43 Å². The summed E-state index contributed by atoms with van der Waals surface area (Å²) in [5.74, 6) is 7.29. The van der Waals surface area contributed by atoms with Crippen molar-refractivity contribution in [3.63, 3.8) is 0 Å². The van der Waals surface area contributed by atoms with Gasteiger partial charge in [0.05, 0.1) is 20.3 Å². The molecule has 0 aromatic heterocycles. The van der Waals surface area contributed by atoms with Crippen molar-refractivity contribution in [3.05, 3.63) is 58.1 Å². The molecule has 0 saturated heterocycles. The van der Waals surface area contributed by atoms with Crippen LogP contribution in [-0.4, -0.2) is 14.2 Å². The molecule has 0 aliphatic heterocycles. The zero-order chi connectivity index (χ0) is 15.4. The number of nitrogens with two attached hydrogens (primary N) is 1. The van der Waals surface area contributed by atoms with Crippen LogP contribution < -0.4 is 20.7 Å². The molecule has 2 rings (SSSR count). The highest BCUT2D eigenvalue weighted by Gasteiger charge is 2.18. The molecule has 0 fully saturated rings. The van der Waals surface area contributed by atoms with Gasteiger partial charge in [-0.05, 0) is 42.3 Å². The number of nitrogens with one attached hydrogen (secondary N) is 1. The van der Waals surface area contributed by atoms with Crippen LogP contribution >= 0.6 is 11.6 Å². The summed E-state index contributed by atoms with van der Waals surface area (Å²) in [6, 6.07) is 11.2. The molecule has 0 aliphatic rings. The van der Waals surface area contributed by atoms with Gasteiger partial charge in [0.2, 0.25) is 0 Å². The summed E-state index contributed by atoms with van der Waals surface area (Å²) >= 11 is 6.10. The smallest absolute Gasteiger partial charge is 0.124 e. The Balaban J connectivity index is 2.51. The second-order valence-corrected chi connectivity index (χ2v) is 5.15. The maximum absolute atomic E-state index is 6.10. The standard InChI is InChI=1S/C16H19ClN2O2/c1-10-4-5-11(8-15(10)21-3)16(19-18)13-9-12(17)6-7-14(13)20-2/h4-9,16,19H,18H2,1-3H3. The Labute approximate surface area is 129 Å². The molecular weight excluding hydrogens is 288 g/mol. The molecule has 5 heteroatoms. The SMILES string of the molecule is COc1cc(C(NN)c2cc(Cl)ccc2OC)ccc1C. The molecular formula is C16H19ClN2O2. The van der Waals surface area contributed by atoms with Crippen molar-refractivity contribution in [2.24, 2.45) is 5.84 Å². The number of aryl methyl sites for hydroxylation is 1. The van der Waals surface area contributed by atoms with E-state index in [4.69, 9.17) is 26.9 Å². The zero-order valence-electron chi connectivity index (χ0n) is 12.3. The highest BCUT2D eigenvalue weighted by molar-refractivity contribution is 6.30. The summed E-state index contributed by atoms with van der Waals surface area (Å²) in [6.07, 6.45) is 0. The van der Waals surface area contributed by atoms with Gasteiger partial charge < -0.3 is 9.47 Å². The van der Waals surface area contributed by atoms with Crippen LogP contribution in [0.15, 0.2) is 36.4 Å². The molecule has 0 bridgehead atoms. The van der Waals surface area contributed by atoms with Gasteiger partial charge in [-0.15, -0.1) is 0 Å². The second-order valence-electron chi connectivity index (χ2n) is 4.72. The predicted molar refractivity (Wildman–Crippen MR) is 84.9 cm³/mol. The number of methoxy groups -OCH3 is 2. The number of rotatable bonds is 5. The van der Waals surface area contributed by atoms with Crippen LogP contribution in [0.1, 0.15) is 22.7 Å². The van der Waals surface area contributed by atoms with Crippen molar-refractivity contribution in [2.45, 2.75) is 13.0 Å². The first-order chi connectivity index (χ1) is 10.1. The second kappa shape index (κ2) is 6.80. The lowest BCUT2D eigenvalue weighted by Crippen LogP contribution is -2.29. The topological polar surface area (TPSA) is 56.5 Å². The third-order valence-corrected chi connectivity index (χ3v) is 3.67. The van der Waals surface area contributed by atoms with E-state index < -0.39 is 0 Å². The van der Waals surface area contributed by atoms with Gasteiger partial charge in [0.25, 0.3) is 0 Å². The number of ether oxygens (including phenoxy) is 2. The molecule has 2 aromatic rings. The largest absolute Gasteiger partial charge is 0.496 e. The van der Waals surface area contributed by atoms with Crippen molar-refractivity contribution in [2.75, 3.05) is 14.2 Å². The minimum absolute atomic E-state index is 0.242. The fourth-order valence-corrected chi connectivity index (χ4v) is 2.49. The highest BCUT2D eigenvalue weighted by atomic mass is 35.5. The van der Waals surface area contributed by atoms with Gasteiger partial charge in [-0.2, -0.15) is 0 Å². The predicted octanol–water partition coefficient (Wildman–Crippen LogP) is 3.22. The first-order valence-electron chi connectivity index (χ1n) is 6.54. The lowest BCUT2D eigenvalue weighted by Gasteiger charge is -2.21. The highest BCUT2D eigenvalue weighted by Crippen LogP contribution is 2.33. The summed E-state index contributed by atoms with van der Waals surface area (Å²) in [7, 11) is 3.27. The number of benzene rings is 2. The third kappa shape index (κ3) is 3.29. The van der Waals surface area contributed by atoms with E-state index in [0.717, 1.165) is 28.2 Å². The maximum Gasteiger partial charge on any atom is 0.124 e. The molecule has 1 unspecified atom stereocenters. The third-order valence-electron chi connectivity index (χ3n) is 3.43. The van der Waals surface area contributed by atoms with E-state index in [1.165, 1.54) is 0 Å². The van der Waals surface area contributed by atoms with E-state index in [2.05, 4.69) is 5.43 Å². The molecule has 112 valence electrons. The molecule has 0 saturated carbocycles. The van der Waals surface area contributed by atoms with Gasteiger partial charge >= 0.3 is 0 Å². The number of hydrogen-bond acceptors (Lipinski definition) is 4. The fourth-order valence-electron chi connectivity index (χ4n) is 2.31. The minimum atomic E-state index is -0.242. The molecule has 2 aromatic carbocycles. The monoisotopic (exact) mass is 306 g/mol. The number of hydrazine groups is 1. The van der Waals surface area contributed by atoms with Crippen molar-refractivity contribution < 1.29 is 9.47 Å². The Kier molecular flexibility index (Phi) is 5.07. The van der Waals surface area contributed by atoms with Crippen LogP contribution in [-0.2, 0) is 0 Å². The summed E-state index contributed by atoms with van der Waals surface area (Å²) in [4.78, 5) is 0. The molecule has 0 spiro atoms. The Bertz CT molecular complexity index is 632. The van der Waals surface area contributed by atoms with Crippen molar-refractivity contribution in [1.29, 1.82) is 0 Å². The average molecular weight is 307 g/mol. The minimum Gasteiger partial charge on any atom is -0.496 e. The summed E-state index contributed by atoms with van der Waals surface area (Å²) in [5, 5.41) is 0.630. The number of hydrogen-bond donors (Lipinski definition) is 2. The average Bonchev–Trinajstić information content (AvgIpc) is 2.50. The molecule has 0 aliphatic carbocycles. The van der Waals surface area contributed by atoms with Gasteiger partial charge in [0, 0.05) is 10.6 Å². The lowest BCUT2D eigenvalue weighted by molar-refractivity contribution is 0.402. The number of halogens is 1. The van der Waals surface area contributed by atoms with Crippen LogP contribution in [0.5, 0.6) is 11.5 Å². The lowest BCUT2D eigenvalue weighted by atomic mass is 9.97. The first-order valence-corrected chi connectivity index (χ1v) is 6.92. The van der Waals surface area contributed by atoms with E-state index in [0.29, 0.717) is 5.02 Å². The van der Waals surface area contributed by atoms with Crippen LogP contribution in [0.3, 0.4) is 0 Å². The molecule has 3 N–H and O–H groups in total. The van der Waals surface area contributed by atoms with E-state index >= 15 is 0 Å². The van der Waals surface area contributed by atoms with Gasteiger partial charge in [-0.25, -0.2) is 5.43 Å². The molecule has 21 heavy (non-hydrogen) atoms. The molecule has 0 radical (unpaired) electrons. The fraction of sp³-hybridized carbons (Fsp3) is 0.250. The van der Waals surface area contributed by atoms with E-state index in [1.807, 2.05) is 37.3 Å². The summed E-state index contributed by atoms with van der Waals surface area (Å²) in [5.41, 5.74) is 5.72. The van der Waals surface area contributed by atoms with E-state index in [9.17, 15) is 0 Å². The van der Waals surface area contributed by atoms with Gasteiger partial charge in [0.1, 0.15) is 11.5 Å². The molecule has 1 atom stereocenters. The van der Waals surface area contributed by atoms with Crippen LogP contribution in [0.2, 0.25) is 5.02 Å². The van der Waals surface area contributed by atoms with E-state index in [1.54, 1.807) is 20.3 Å². The normalized spacial score (nSPS) is 12.0. The van der Waals surface area contributed by atoms with Gasteiger partial charge in [-0.1, -0.05) is 23.7 Å². The molecule has 0 heterocycles. The Hall–Kier alpha value is -1.75. The van der Waals surface area contributed by atoms with E-state index in [-0.39, 0.29) is 6.04 Å². The van der Waals surface area contributed by atoms with Crippen LogP contribution in [0.4, 0.5) is 0 Å². The first kappa shape index (κ1) is 15.6. The van der Waals surface area contributed by atoms with Crippen LogP contribution in [0, 0.1) is 6.92 Å². The van der Waals surface area contributed by atoms with Crippen LogP contribution in [0.25, 0.3) is 0 Å².